The van der Waals surface area contributed by atoms with Crippen LogP contribution in [0.4, 0.5) is 5.13 Å². The lowest BCUT2D eigenvalue weighted by molar-refractivity contribution is -0.142. The number of hydrogen-bond acceptors (Lipinski definition) is 5. The van der Waals surface area contributed by atoms with Crippen LogP contribution in [0.15, 0.2) is 5.38 Å². The zero-order valence-corrected chi connectivity index (χ0v) is 12.4. The molecule has 0 spiro atoms. The number of nitrogens with one attached hydrogen (secondary N) is 2. The van der Waals surface area contributed by atoms with Crippen molar-refractivity contribution in [2.24, 2.45) is 0 Å². The van der Waals surface area contributed by atoms with Crippen molar-refractivity contribution in [3.8, 4) is 0 Å². The molecule has 1 aliphatic rings. The van der Waals surface area contributed by atoms with E-state index in [1.807, 2.05) is 0 Å². The Kier molecular flexibility index (Phi) is 4.27. The normalized spacial score (nSPS) is 14.9. The predicted octanol–water partition coefficient (Wildman–Crippen LogP) is 1.59. The fourth-order valence-corrected chi connectivity index (χ4v) is 2.47. The minimum atomic E-state index is -1.00. The van der Waals surface area contributed by atoms with E-state index in [1.54, 1.807) is 19.2 Å². The van der Waals surface area contributed by atoms with Crippen LogP contribution in [0.25, 0.3) is 0 Å². The maximum atomic E-state index is 11.5. The Morgan fingerprint density at radius 3 is 2.80 bits per heavy atom. The van der Waals surface area contributed by atoms with Crippen LogP contribution in [0.1, 0.15) is 38.8 Å². The van der Waals surface area contributed by atoms with Crippen molar-refractivity contribution in [2.75, 3.05) is 11.9 Å². The molecule has 0 aromatic carbocycles. The van der Waals surface area contributed by atoms with Crippen molar-refractivity contribution in [3.05, 3.63) is 11.1 Å². The van der Waals surface area contributed by atoms with Gasteiger partial charge in [-0.1, -0.05) is 0 Å². The van der Waals surface area contributed by atoms with E-state index in [1.165, 1.54) is 11.3 Å². The van der Waals surface area contributed by atoms with Crippen LogP contribution in [0.2, 0.25) is 0 Å². The molecule has 1 heterocycles. The van der Waals surface area contributed by atoms with Crippen LogP contribution in [0.3, 0.4) is 0 Å². The summed E-state index contributed by atoms with van der Waals surface area (Å²) in [5.41, 5.74) is -0.473. The Morgan fingerprint density at radius 1 is 1.50 bits per heavy atom. The molecule has 0 radical (unpaired) electrons. The highest BCUT2D eigenvalue weighted by Crippen LogP contribution is 2.27. The quantitative estimate of drug-likeness (QED) is 0.711. The Bertz CT molecular complexity index is 509. The standard InChI is InChI=1S/C13H19N3O3S/c1-13(2,11(18)19)9-7-20-12(16-9)14-6-5-10(17)15-8-3-4-8/h7-8H,3-6H2,1-2H3,(H,14,16)(H,15,17)(H,18,19). The highest BCUT2D eigenvalue weighted by Gasteiger charge is 2.32. The van der Waals surface area contributed by atoms with E-state index in [9.17, 15) is 9.59 Å². The van der Waals surface area contributed by atoms with Crippen molar-refractivity contribution in [2.45, 2.75) is 44.6 Å². The van der Waals surface area contributed by atoms with Gasteiger partial charge in [-0.05, 0) is 26.7 Å². The maximum absolute atomic E-state index is 11.5. The van der Waals surface area contributed by atoms with Crippen LogP contribution < -0.4 is 10.6 Å². The Morgan fingerprint density at radius 2 is 2.20 bits per heavy atom. The molecule has 0 unspecified atom stereocenters. The molecule has 1 amide bonds. The van der Waals surface area contributed by atoms with Gasteiger partial charge >= 0.3 is 5.97 Å². The van der Waals surface area contributed by atoms with Crippen LogP contribution in [-0.4, -0.2) is 34.6 Å². The summed E-state index contributed by atoms with van der Waals surface area (Å²) in [5.74, 6) is -0.860. The summed E-state index contributed by atoms with van der Waals surface area (Å²) in [4.78, 5) is 26.9. The summed E-state index contributed by atoms with van der Waals surface area (Å²) in [5, 5.41) is 17.5. The third kappa shape index (κ3) is 3.69. The first-order valence-electron chi connectivity index (χ1n) is 6.62. The summed E-state index contributed by atoms with van der Waals surface area (Å²) >= 11 is 1.35. The highest BCUT2D eigenvalue weighted by atomic mass is 32.1. The van der Waals surface area contributed by atoms with E-state index in [4.69, 9.17) is 5.11 Å². The zero-order valence-electron chi connectivity index (χ0n) is 11.6. The van der Waals surface area contributed by atoms with Gasteiger partial charge in [-0.15, -0.1) is 11.3 Å². The molecule has 1 aromatic heterocycles. The number of rotatable bonds is 7. The summed E-state index contributed by atoms with van der Waals surface area (Å²) in [6.07, 6.45) is 2.56. The SMILES string of the molecule is CC(C)(C(=O)O)c1csc(NCCC(=O)NC2CC2)n1. The molecule has 1 aliphatic carbocycles. The number of carboxylic acids is 1. The van der Waals surface area contributed by atoms with Gasteiger partial charge in [-0.2, -0.15) is 0 Å². The summed E-state index contributed by atoms with van der Waals surface area (Å²) in [7, 11) is 0. The number of amides is 1. The molecule has 110 valence electrons. The van der Waals surface area contributed by atoms with Gasteiger partial charge in [0.05, 0.1) is 5.69 Å². The van der Waals surface area contributed by atoms with Crippen molar-refractivity contribution in [1.82, 2.24) is 10.3 Å². The van der Waals surface area contributed by atoms with Gasteiger partial charge in [0, 0.05) is 24.4 Å². The lowest BCUT2D eigenvalue weighted by atomic mass is 9.90. The average Bonchev–Trinajstić information content (AvgIpc) is 3.04. The van der Waals surface area contributed by atoms with E-state index in [2.05, 4.69) is 15.6 Å². The summed E-state index contributed by atoms with van der Waals surface area (Å²) in [6.45, 7) is 3.74. The van der Waals surface area contributed by atoms with Gasteiger partial charge < -0.3 is 15.7 Å². The second-order valence-corrected chi connectivity index (χ2v) is 6.34. The van der Waals surface area contributed by atoms with Gasteiger partial charge in [-0.25, -0.2) is 4.98 Å². The number of nitrogens with zero attached hydrogens (tertiary/aromatic N) is 1. The van der Waals surface area contributed by atoms with E-state index in [0.29, 0.717) is 29.8 Å². The number of hydrogen-bond donors (Lipinski definition) is 3. The molecule has 1 fully saturated rings. The van der Waals surface area contributed by atoms with Gasteiger partial charge in [0.1, 0.15) is 5.41 Å². The smallest absolute Gasteiger partial charge is 0.315 e. The molecule has 0 saturated heterocycles. The van der Waals surface area contributed by atoms with Gasteiger partial charge in [0.15, 0.2) is 5.13 Å². The highest BCUT2D eigenvalue weighted by molar-refractivity contribution is 7.13. The maximum Gasteiger partial charge on any atom is 0.315 e. The van der Waals surface area contributed by atoms with Gasteiger partial charge in [0.25, 0.3) is 0 Å². The summed E-state index contributed by atoms with van der Waals surface area (Å²) in [6, 6.07) is 0.380. The molecular weight excluding hydrogens is 278 g/mol. The number of aromatic nitrogens is 1. The van der Waals surface area contributed by atoms with Crippen molar-refractivity contribution >= 4 is 28.3 Å². The first kappa shape index (κ1) is 14.8. The van der Waals surface area contributed by atoms with Gasteiger partial charge in [-0.3, -0.25) is 9.59 Å². The van der Waals surface area contributed by atoms with E-state index in [0.717, 1.165) is 12.8 Å². The molecule has 7 heteroatoms. The van der Waals surface area contributed by atoms with Crippen LogP contribution in [0, 0.1) is 0 Å². The van der Waals surface area contributed by atoms with Crippen LogP contribution >= 0.6 is 11.3 Å². The number of anilines is 1. The Hall–Kier alpha value is -1.63. The predicted molar refractivity (Wildman–Crippen MR) is 77.0 cm³/mol. The Balaban J connectivity index is 1.80. The second-order valence-electron chi connectivity index (χ2n) is 5.49. The number of thiazole rings is 1. The fourth-order valence-electron chi connectivity index (χ4n) is 1.56. The second kappa shape index (κ2) is 5.78. The zero-order chi connectivity index (χ0) is 14.8. The molecule has 0 aliphatic heterocycles. The molecule has 20 heavy (non-hydrogen) atoms. The molecule has 6 nitrogen and oxygen atoms in total. The largest absolute Gasteiger partial charge is 0.481 e. The first-order chi connectivity index (χ1) is 9.39. The molecule has 1 saturated carbocycles. The van der Waals surface area contributed by atoms with Crippen molar-refractivity contribution < 1.29 is 14.7 Å². The third-order valence-corrected chi connectivity index (χ3v) is 4.05. The van der Waals surface area contributed by atoms with Crippen molar-refractivity contribution in [1.29, 1.82) is 0 Å². The third-order valence-electron chi connectivity index (χ3n) is 3.25. The first-order valence-corrected chi connectivity index (χ1v) is 7.50. The lowest BCUT2D eigenvalue weighted by Crippen LogP contribution is -2.29. The number of aliphatic carboxylic acids is 1. The molecular formula is C13H19N3O3S. The lowest BCUT2D eigenvalue weighted by Gasteiger charge is -2.15. The van der Waals surface area contributed by atoms with Crippen molar-refractivity contribution in [3.63, 3.8) is 0 Å². The fraction of sp³-hybridized carbons (Fsp3) is 0.615. The number of carboxylic acid groups (broad SMARTS) is 1. The molecule has 2 rings (SSSR count). The minimum Gasteiger partial charge on any atom is -0.481 e. The molecule has 1 aromatic rings. The van der Waals surface area contributed by atoms with Gasteiger partial charge in [0.2, 0.25) is 5.91 Å². The minimum absolute atomic E-state index is 0.0441. The topological polar surface area (TPSA) is 91.3 Å². The van der Waals surface area contributed by atoms with E-state index in [-0.39, 0.29) is 5.91 Å². The van der Waals surface area contributed by atoms with Crippen LogP contribution in [-0.2, 0) is 15.0 Å². The van der Waals surface area contributed by atoms with Crippen LogP contribution in [0.5, 0.6) is 0 Å². The Labute approximate surface area is 121 Å². The monoisotopic (exact) mass is 297 g/mol. The summed E-state index contributed by atoms with van der Waals surface area (Å²) < 4.78 is 0. The van der Waals surface area contributed by atoms with E-state index >= 15 is 0 Å². The van der Waals surface area contributed by atoms with E-state index < -0.39 is 11.4 Å². The average molecular weight is 297 g/mol. The molecule has 0 atom stereocenters. The number of carbonyl (C=O) groups excluding carboxylic acids is 1. The molecule has 0 bridgehead atoms. The molecule has 3 N–H and O–H groups in total. The number of carbonyl (C=O) groups is 2.